The second kappa shape index (κ2) is 7.76. The summed E-state index contributed by atoms with van der Waals surface area (Å²) in [4.78, 5) is 27.6. The van der Waals surface area contributed by atoms with E-state index in [4.69, 9.17) is 16.3 Å². The number of amides is 3. The van der Waals surface area contributed by atoms with E-state index in [9.17, 15) is 14.7 Å². The molecule has 0 unspecified atom stereocenters. The summed E-state index contributed by atoms with van der Waals surface area (Å²) in [5, 5.41) is 10.8. The highest BCUT2D eigenvalue weighted by atomic mass is 35.5. The van der Waals surface area contributed by atoms with Crippen LogP contribution >= 0.6 is 11.6 Å². The van der Waals surface area contributed by atoms with Crippen molar-refractivity contribution in [2.45, 2.75) is 19.1 Å². The molecule has 1 aliphatic rings. The van der Waals surface area contributed by atoms with Crippen LogP contribution < -0.4 is 9.64 Å². The SMILES string of the molecule is C[C@@H]1C(=O)N(C[C@@H](O)COc2ccc(Cl)cc2)C(=O)N1c1ccccc1. The Hall–Kier alpha value is -2.57. The lowest BCUT2D eigenvalue weighted by Gasteiger charge is -2.20. The first kappa shape index (κ1) is 18.2. The molecule has 1 saturated heterocycles. The zero-order valence-corrected chi connectivity index (χ0v) is 15.0. The summed E-state index contributed by atoms with van der Waals surface area (Å²) in [5.41, 5.74) is 0.646. The van der Waals surface area contributed by atoms with E-state index in [-0.39, 0.29) is 19.1 Å². The number of benzene rings is 2. The number of rotatable bonds is 6. The van der Waals surface area contributed by atoms with Crippen LogP contribution in [-0.4, -0.2) is 47.2 Å². The summed E-state index contributed by atoms with van der Waals surface area (Å²) in [5.74, 6) is 0.205. The number of urea groups is 1. The molecule has 6 nitrogen and oxygen atoms in total. The van der Waals surface area contributed by atoms with Gasteiger partial charge < -0.3 is 9.84 Å². The first-order valence-electron chi connectivity index (χ1n) is 8.23. The number of carbonyl (C=O) groups is 2. The smallest absolute Gasteiger partial charge is 0.332 e. The van der Waals surface area contributed by atoms with Gasteiger partial charge in [-0.15, -0.1) is 0 Å². The molecule has 3 amide bonds. The second-order valence-electron chi connectivity index (χ2n) is 6.03. The summed E-state index contributed by atoms with van der Waals surface area (Å²) in [6.07, 6.45) is -0.999. The standard InChI is InChI=1S/C19H19ClN2O4/c1-13-18(24)21(19(25)22(13)15-5-3-2-4-6-15)11-16(23)12-26-17-9-7-14(20)8-10-17/h2-10,13,16,23H,11-12H2,1H3/t13-,16-/m1/s1. The summed E-state index contributed by atoms with van der Waals surface area (Å²) in [6, 6.07) is 14.6. The van der Waals surface area contributed by atoms with Crippen molar-refractivity contribution in [3.05, 3.63) is 59.6 Å². The van der Waals surface area contributed by atoms with Gasteiger partial charge in [0.1, 0.15) is 24.5 Å². The number of β-amino-alcohol motifs (C(OH)–C–C–N with tert-alkyl or cyclic N) is 1. The van der Waals surface area contributed by atoms with Gasteiger partial charge in [-0.25, -0.2) is 4.79 Å². The second-order valence-corrected chi connectivity index (χ2v) is 6.47. The maximum absolute atomic E-state index is 12.6. The fraction of sp³-hybridized carbons (Fsp3) is 0.263. The monoisotopic (exact) mass is 374 g/mol. The predicted octanol–water partition coefficient (Wildman–Crippen LogP) is 2.94. The van der Waals surface area contributed by atoms with Crippen molar-refractivity contribution in [1.29, 1.82) is 0 Å². The average Bonchev–Trinajstić information content (AvgIpc) is 2.85. The van der Waals surface area contributed by atoms with E-state index < -0.39 is 18.2 Å². The Labute approximate surface area is 156 Å². The average molecular weight is 375 g/mol. The normalized spacial score (nSPS) is 18.3. The van der Waals surface area contributed by atoms with Gasteiger partial charge in [0.2, 0.25) is 0 Å². The summed E-state index contributed by atoms with van der Waals surface area (Å²) in [7, 11) is 0. The van der Waals surface area contributed by atoms with Crippen LogP contribution in [0.2, 0.25) is 5.02 Å². The molecular formula is C19H19ClN2O4. The summed E-state index contributed by atoms with van der Waals surface area (Å²) < 4.78 is 5.47. The quantitative estimate of drug-likeness (QED) is 0.789. The molecule has 2 atom stereocenters. The van der Waals surface area contributed by atoms with Crippen LogP contribution in [0.1, 0.15) is 6.92 Å². The molecule has 3 rings (SSSR count). The Morgan fingerprint density at radius 3 is 2.42 bits per heavy atom. The van der Waals surface area contributed by atoms with Crippen molar-refractivity contribution in [2.24, 2.45) is 0 Å². The first-order chi connectivity index (χ1) is 12.5. The number of hydrogen-bond donors (Lipinski definition) is 1. The molecule has 0 bridgehead atoms. The summed E-state index contributed by atoms with van der Waals surface area (Å²) >= 11 is 5.81. The van der Waals surface area contributed by atoms with Crippen LogP contribution in [0.25, 0.3) is 0 Å². The highest BCUT2D eigenvalue weighted by molar-refractivity contribution is 6.30. The van der Waals surface area contributed by atoms with Gasteiger partial charge >= 0.3 is 6.03 Å². The number of halogens is 1. The molecule has 1 N–H and O–H groups in total. The molecule has 0 aliphatic carbocycles. The van der Waals surface area contributed by atoms with Gasteiger partial charge in [0.15, 0.2) is 0 Å². The minimum atomic E-state index is -0.999. The Bertz CT molecular complexity index is 782. The minimum Gasteiger partial charge on any atom is -0.491 e. The Balaban J connectivity index is 1.62. The Morgan fingerprint density at radius 1 is 1.12 bits per heavy atom. The number of imide groups is 1. The lowest BCUT2D eigenvalue weighted by molar-refractivity contribution is -0.128. The van der Waals surface area contributed by atoms with Gasteiger partial charge in [0.25, 0.3) is 5.91 Å². The number of nitrogens with zero attached hydrogens (tertiary/aromatic N) is 2. The number of aliphatic hydroxyl groups is 1. The van der Waals surface area contributed by atoms with E-state index in [1.807, 2.05) is 6.07 Å². The minimum absolute atomic E-state index is 0.0432. The van der Waals surface area contributed by atoms with Crippen molar-refractivity contribution >= 4 is 29.2 Å². The van der Waals surface area contributed by atoms with Gasteiger partial charge in [-0.2, -0.15) is 0 Å². The van der Waals surface area contributed by atoms with Crippen LogP contribution in [-0.2, 0) is 4.79 Å². The molecule has 0 aromatic heterocycles. The van der Waals surface area contributed by atoms with E-state index in [1.165, 1.54) is 4.90 Å². The molecule has 1 aliphatic heterocycles. The third kappa shape index (κ3) is 3.81. The molecule has 0 radical (unpaired) electrons. The predicted molar refractivity (Wildman–Crippen MR) is 98.4 cm³/mol. The fourth-order valence-electron chi connectivity index (χ4n) is 2.80. The van der Waals surface area contributed by atoms with Crippen molar-refractivity contribution < 1.29 is 19.4 Å². The van der Waals surface area contributed by atoms with E-state index >= 15 is 0 Å². The van der Waals surface area contributed by atoms with Crippen molar-refractivity contribution in [2.75, 3.05) is 18.1 Å². The molecule has 0 spiro atoms. The van der Waals surface area contributed by atoms with E-state index in [1.54, 1.807) is 55.5 Å². The zero-order valence-electron chi connectivity index (χ0n) is 14.2. The number of hydrogen-bond acceptors (Lipinski definition) is 4. The van der Waals surface area contributed by atoms with Gasteiger partial charge in [-0.05, 0) is 43.3 Å². The van der Waals surface area contributed by atoms with Crippen LogP contribution in [0.4, 0.5) is 10.5 Å². The highest BCUT2D eigenvalue weighted by Gasteiger charge is 2.43. The fourth-order valence-corrected chi connectivity index (χ4v) is 2.93. The van der Waals surface area contributed by atoms with Crippen LogP contribution in [0.3, 0.4) is 0 Å². The van der Waals surface area contributed by atoms with Gasteiger partial charge in [0, 0.05) is 10.7 Å². The zero-order chi connectivity index (χ0) is 18.7. The van der Waals surface area contributed by atoms with Crippen LogP contribution in [0.15, 0.2) is 54.6 Å². The molecule has 0 saturated carbocycles. The van der Waals surface area contributed by atoms with Gasteiger partial charge in [0.05, 0.1) is 6.54 Å². The van der Waals surface area contributed by atoms with E-state index in [2.05, 4.69) is 0 Å². The van der Waals surface area contributed by atoms with E-state index in [0.717, 1.165) is 4.90 Å². The lowest BCUT2D eigenvalue weighted by atomic mass is 10.2. The van der Waals surface area contributed by atoms with Gasteiger partial charge in [-0.1, -0.05) is 29.8 Å². The number of carbonyl (C=O) groups excluding carboxylic acids is 2. The van der Waals surface area contributed by atoms with E-state index in [0.29, 0.717) is 16.5 Å². The number of anilines is 1. The number of para-hydroxylation sites is 1. The Morgan fingerprint density at radius 2 is 1.77 bits per heavy atom. The molecule has 1 fully saturated rings. The first-order valence-corrected chi connectivity index (χ1v) is 8.61. The molecule has 26 heavy (non-hydrogen) atoms. The molecule has 136 valence electrons. The maximum atomic E-state index is 12.6. The molecular weight excluding hydrogens is 356 g/mol. The van der Waals surface area contributed by atoms with Crippen molar-refractivity contribution in [1.82, 2.24) is 4.90 Å². The largest absolute Gasteiger partial charge is 0.491 e. The number of ether oxygens (including phenoxy) is 1. The van der Waals surface area contributed by atoms with Crippen LogP contribution in [0, 0.1) is 0 Å². The topological polar surface area (TPSA) is 70.1 Å². The highest BCUT2D eigenvalue weighted by Crippen LogP contribution is 2.25. The molecule has 2 aromatic carbocycles. The molecule has 1 heterocycles. The number of aliphatic hydroxyl groups excluding tert-OH is 1. The Kier molecular flexibility index (Phi) is 5.44. The summed E-state index contributed by atoms with van der Waals surface area (Å²) in [6.45, 7) is 1.50. The van der Waals surface area contributed by atoms with Gasteiger partial charge in [-0.3, -0.25) is 14.6 Å². The maximum Gasteiger partial charge on any atom is 0.332 e. The third-order valence-electron chi connectivity index (χ3n) is 4.13. The third-order valence-corrected chi connectivity index (χ3v) is 4.38. The molecule has 7 heteroatoms. The van der Waals surface area contributed by atoms with Crippen molar-refractivity contribution in [3.63, 3.8) is 0 Å². The van der Waals surface area contributed by atoms with Crippen molar-refractivity contribution in [3.8, 4) is 5.75 Å². The molecule has 2 aromatic rings. The lowest BCUT2D eigenvalue weighted by Crippen LogP contribution is -2.40. The van der Waals surface area contributed by atoms with Crippen LogP contribution in [0.5, 0.6) is 5.75 Å².